The van der Waals surface area contributed by atoms with E-state index in [-0.39, 0.29) is 5.54 Å². The van der Waals surface area contributed by atoms with Crippen molar-refractivity contribution in [3.8, 4) is 0 Å². The topological polar surface area (TPSA) is 21.9 Å². The molecule has 1 aliphatic heterocycles. The van der Waals surface area contributed by atoms with E-state index in [9.17, 15) is 0 Å². The minimum atomic E-state index is 0.285. The Labute approximate surface area is 67.4 Å². The number of rotatable bonds is 1. The molecule has 2 rings (SSSR count). The van der Waals surface area contributed by atoms with Crippen molar-refractivity contribution in [1.29, 1.82) is 0 Å². The Kier molecular flexibility index (Phi) is 1.30. The van der Waals surface area contributed by atoms with Gasteiger partial charge in [-0.1, -0.05) is 29.8 Å². The third-order valence-electron chi connectivity index (χ3n) is 2.40. The van der Waals surface area contributed by atoms with E-state index in [1.165, 1.54) is 11.1 Å². The van der Waals surface area contributed by atoms with Crippen LogP contribution in [0.2, 0.25) is 0 Å². The molecule has 1 fully saturated rings. The second-order valence-corrected chi connectivity index (χ2v) is 3.55. The van der Waals surface area contributed by atoms with Crippen molar-refractivity contribution in [2.45, 2.75) is 19.4 Å². The van der Waals surface area contributed by atoms with Crippen LogP contribution in [0.3, 0.4) is 0 Å². The first-order valence-electron chi connectivity index (χ1n) is 4.03. The number of aryl methyl sites for hydroxylation is 1. The van der Waals surface area contributed by atoms with E-state index in [0.717, 1.165) is 6.54 Å². The number of nitrogens with one attached hydrogen (secondary N) is 1. The van der Waals surface area contributed by atoms with Crippen LogP contribution in [-0.4, -0.2) is 6.54 Å². The molecule has 1 heteroatoms. The molecule has 1 aromatic carbocycles. The largest absolute Gasteiger partial charge is 0.304 e. The highest BCUT2D eigenvalue weighted by molar-refractivity contribution is 5.31. The standard InChI is InChI=1S/C10H13N/c1-8-3-5-9(6-4-8)10(2)7-11-10/h3-6,11H,7H2,1-2H3. The van der Waals surface area contributed by atoms with Gasteiger partial charge in [-0.2, -0.15) is 0 Å². The maximum atomic E-state index is 3.35. The van der Waals surface area contributed by atoms with Gasteiger partial charge >= 0.3 is 0 Å². The predicted octanol–water partition coefficient (Wildman–Crippen LogP) is 1.81. The third kappa shape index (κ3) is 1.16. The Morgan fingerprint density at radius 3 is 2.27 bits per heavy atom. The number of hydrogen-bond donors (Lipinski definition) is 1. The quantitative estimate of drug-likeness (QED) is 0.601. The minimum absolute atomic E-state index is 0.285. The molecule has 11 heavy (non-hydrogen) atoms. The van der Waals surface area contributed by atoms with E-state index in [4.69, 9.17) is 0 Å². The average Bonchev–Trinajstić information content (AvgIpc) is 2.70. The fourth-order valence-electron chi connectivity index (χ4n) is 1.26. The molecule has 0 aromatic heterocycles. The molecule has 1 nitrogen and oxygen atoms in total. The summed E-state index contributed by atoms with van der Waals surface area (Å²) in [6.45, 7) is 5.47. The summed E-state index contributed by atoms with van der Waals surface area (Å²) in [4.78, 5) is 0. The van der Waals surface area contributed by atoms with Crippen LogP contribution in [0.4, 0.5) is 0 Å². The average molecular weight is 147 g/mol. The maximum Gasteiger partial charge on any atom is 0.0533 e. The van der Waals surface area contributed by atoms with Crippen molar-refractivity contribution in [3.63, 3.8) is 0 Å². The molecule has 1 heterocycles. The van der Waals surface area contributed by atoms with Gasteiger partial charge in [-0.25, -0.2) is 0 Å². The van der Waals surface area contributed by atoms with Crippen LogP contribution >= 0.6 is 0 Å². The first-order valence-corrected chi connectivity index (χ1v) is 4.03. The smallest absolute Gasteiger partial charge is 0.0533 e. The van der Waals surface area contributed by atoms with Crippen LogP contribution in [0.25, 0.3) is 0 Å². The third-order valence-corrected chi connectivity index (χ3v) is 2.40. The molecule has 0 amide bonds. The second kappa shape index (κ2) is 2.08. The first kappa shape index (κ1) is 6.86. The molecule has 0 aliphatic carbocycles. The summed E-state index contributed by atoms with van der Waals surface area (Å²) >= 11 is 0. The van der Waals surface area contributed by atoms with E-state index in [2.05, 4.69) is 43.4 Å². The summed E-state index contributed by atoms with van der Waals surface area (Å²) in [7, 11) is 0. The summed E-state index contributed by atoms with van der Waals surface area (Å²) in [5, 5.41) is 3.35. The Hall–Kier alpha value is -0.820. The Morgan fingerprint density at radius 2 is 1.82 bits per heavy atom. The molecular formula is C10H13N. The molecule has 1 aromatic rings. The summed E-state index contributed by atoms with van der Waals surface area (Å²) in [6, 6.07) is 8.74. The summed E-state index contributed by atoms with van der Waals surface area (Å²) < 4.78 is 0. The van der Waals surface area contributed by atoms with Crippen LogP contribution in [0.1, 0.15) is 18.1 Å². The molecule has 0 bridgehead atoms. The normalized spacial score (nSPS) is 28.5. The summed E-state index contributed by atoms with van der Waals surface area (Å²) in [5.41, 5.74) is 3.02. The van der Waals surface area contributed by atoms with Gasteiger partial charge in [-0.3, -0.25) is 0 Å². The highest BCUT2D eigenvalue weighted by Crippen LogP contribution is 2.29. The number of benzene rings is 1. The van der Waals surface area contributed by atoms with E-state index in [1.807, 2.05) is 0 Å². The minimum Gasteiger partial charge on any atom is -0.304 e. The van der Waals surface area contributed by atoms with Gasteiger partial charge in [-0.05, 0) is 19.4 Å². The second-order valence-electron chi connectivity index (χ2n) is 3.55. The van der Waals surface area contributed by atoms with Crippen LogP contribution in [0.5, 0.6) is 0 Å². The predicted molar refractivity (Wildman–Crippen MR) is 46.5 cm³/mol. The Morgan fingerprint density at radius 1 is 1.27 bits per heavy atom. The molecule has 1 atom stereocenters. The molecule has 1 unspecified atom stereocenters. The maximum absolute atomic E-state index is 3.35. The van der Waals surface area contributed by atoms with Gasteiger partial charge in [0.25, 0.3) is 0 Å². The molecule has 58 valence electrons. The van der Waals surface area contributed by atoms with Crippen molar-refractivity contribution in [2.24, 2.45) is 0 Å². The Balaban J connectivity index is 2.33. The van der Waals surface area contributed by atoms with Gasteiger partial charge in [0.15, 0.2) is 0 Å². The van der Waals surface area contributed by atoms with Gasteiger partial charge in [0.2, 0.25) is 0 Å². The van der Waals surface area contributed by atoms with Crippen molar-refractivity contribution >= 4 is 0 Å². The zero-order valence-corrected chi connectivity index (χ0v) is 7.02. The van der Waals surface area contributed by atoms with Gasteiger partial charge < -0.3 is 5.32 Å². The van der Waals surface area contributed by atoms with E-state index < -0.39 is 0 Å². The lowest BCUT2D eigenvalue weighted by atomic mass is 10.0. The molecule has 0 spiro atoms. The van der Waals surface area contributed by atoms with Crippen molar-refractivity contribution < 1.29 is 0 Å². The highest BCUT2D eigenvalue weighted by atomic mass is 15.1. The van der Waals surface area contributed by atoms with Crippen LogP contribution in [0, 0.1) is 6.92 Å². The van der Waals surface area contributed by atoms with Crippen LogP contribution < -0.4 is 5.32 Å². The Bertz CT molecular complexity index is 257. The zero-order chi connectivity index (χ0) is 7.90. The van der Waals surface area contributed by atoms with Crippen molar-refractivity contribution in [3.05, 3.63) is 35.4 Å². The molecule has 0 saturated carbocycles. The van der Waals surface area contributed by atoms with E-state index in [0.29, 0.717) is 0 Å². The van der Waals surface area contributed by atoms with Gasteiger partial charge in [0.05, 0.1) is 5.54 Å². The van der Waals surface area contributed by atoms with E-state index >= 15 is 0 Å². The molecule has 1 N–H and O–H groups in total. The SMILES string of the molecule is Cc1ccc(C2(C)CN2)cc1. The van der Waals surface area contributed by atoms with Gasteiger partial charge in [-0.15, -0.1) is 0 Å². The zero-order valence-electron chi connectivity index (χ0n) is 7.02. The molecule has 1 saturated heterocycles. The van der Waals surface area contributed by atoms with Crippen molar-refractivity contribution in [2.75, 3.05) is 6.54 Å². The summed E-state index contributed by atoms with van der Waals surface area (Å²) in [5.74, 6) is 0. The first-order chi connectivity index (χ1) is 5.21. The molecule has 0 radical (unpaired) electrons. The fraction of sp³-hybridized carbons (Fsp3) is 0.400. The van der Waals surface area contributed by atoms with Crippen LogP contribution in [0.15, 0.2) is 24.3 Å². The van der Waals surface area contributed by atoms with Gasteiger partial charge in [0, 0.05) is 6.54 Å². The van der Waals surface area contributed by atoms with Gasteiger partial charge in [0.1, 0.15) is 0 Å². The number of hydrogen-bond acceptors (Lipinski definition) is 1. The van der Waals surface area contributed by atoms with E-state index in [1.54, 1.807) is 0 Å². The van der Waals surface area contributed by atoms with Crippen molar-refractivity contribution in [1.82, 2.24) is 5.32 Å². The lowest BCUT2D eigenvalue weighted by molar-refractivity contribution is 0.763. The molecular weight excluding hydrogens is 134 g/mol. The lowest BCUT2D eigenvalue weighted by Crippen LogP contribution is -2.05. The lowest BCUT2D eigenvalue weighted by Gasteiger charge is -2.06. The summed E-state index contributed by atoms with van der Waals surface area (Å²) in [6.07, 6.45) is 0. The monoisotopic (exact) mass is 147 g/mol. The highest BCUT2D eigenvalue weighted by Gasteiger charge is 2.37. The molecule has 1 aliphatic rings. The fourth-order valence-corrected chi connectivity index (χ4v) is 1.26. The van der Waals surface area contributed by atoms with Crippen LogP contribution in [-0.2, 0) is 5.54 Å².